The van der Waals surface area contributed by atoms with Crippen LogP contribution in [0.15, 0.2) is 22.7 Å². The number of ether oxygens (including phenoxy) is 1. The van der Waals surface area contributed by atoms with Gasteiger partial charge in [-0.3, -0.25) is 0 Å². The molecule has 0 saturated carbocycles. The van der Waals surface area contributed by atoms with Crippen molar-refractivity contribution in [2.24, 2.45) is 5.92 Å². The summed E-state index contributed by atoms with van der Waals surface area (Å²) in [6.45, 7) is 5.07. The average molecular weight is 350 g/mol. The van der Waals surface area contributed by atoms with Gasteiger partial charge in [-0.15, -0.1) is 0 Å². The Morgan fingerprint density at radius 3 is 2.69 bits per heavy atom. The van der Waals surface area contributed by atoms with Gasteiger partial charge in [0.25, 0.3) is 0 Å². The van der Waals surface area contributed by atoms with Crippen LogP contribution in [0.4, 0.5) is 0 Å². The molecule has 16 heavy (non-hydrogen) atoms. The zero-order chi connectivity index (χ0) is 12.0. The van der Waals surface area contributed by atoms with E-state index >= 15 is 0 Å². The van der Waals surface area contributed by atoms with Crippen LogP contribution in [0.3, 0.4) is 0 Å². The summed E-state index contributed by atoms with van der Waals surface area (Å²) < 4.78 is 6.95. The number of alkyl halides is 1. The highest BCUT2D eigenvalue weighted by Gasteiger charge is 2.08. The number of rotatable bonds is 6. The zero-order valence-corrected chi connectivity index (χ0v) is 13.0. The molecule has 0 aromatic heterocycles. The van der Waals surface area contributed by atoms with Crippen molar-refractivity contribution in [2.75, 3.05) is 11.9 Å². The van der Waals surface area contributed by atoms with E-state index in [9.17, 15) is 0 Å². The van der Waals surface area contributed by atoms with Gasteiger partial charge < -0.3 is 4.74 Å². The predicted molar refractivity (Wildman–Crippen MR) is 76.6 cm³/mol. The summed E-state index contributed by atoms with van der Waals surface area (Å²) in [7, 11) is 0. The molecule has 0 fully saturated rings. The Balaban J connectivity index is 2.53. The Morgan fingerprint density at radius 2 is 2.12 bits per heavy atom. The van der Waals surface area contributed by atoms with Crippen LogP contribution in [-0.4, -0.2) is 11.9 Å². The van der Waals surface area contributed by atoms with Gasteiger partial charge in [0.05, 0.1) is 6.61 Å². The zero-order valence-electron chi connectivity index (χ0n) is 9.80. The van der Waals surface area contributed by atoms with Crippen molar-refractivity contribution in [2.45, 2.75) is 26.7 Å². The van der Waals surface area contributed by atoms with E-state index in [1.807, 2.05) is 12.1 Å². The molecule has 1 aromatic carbocycles. The average Bonchev–Trinajstić information content (AvgIpc) is 2.26. The summed E-state index contributed by atoms with van der Waals surface area (Å²) in [5.74, 6) is 1.60. The summed E-state index contributed by atoms with van der Waals surface area (Å²) in [5, 5.41) is 1.01. The summed E-state index contributed by atoms with van der Waals surface area (Å²) in [6, 6.07) is 6.13. The van der Waals surface area contributed by atoms with Crippen molar-refractivity contribution in [1.29, 1.82) is 0 Å². The van der Waals surface area contributed by atoms with E-state index in [1.165, 1.54) is 18.4 Å². The van der Waals surface area contributed by atoms with E-state index in [-0.39, 0.29) is 0 Å². The van der Waals surface area contributed by atoms with Crippen molar-refractivity contribution in [3.05, 3.63) is 28.2 Å². The maximum Gasteiger partial charge on any atom is 0.122 e. The molecule has 0 bridgehead atoms. The lowest BCUT2D eigenvalue weighted by molar-refractivity contribution is 0.253. The van der Waals surface area contributed by atoms with Gasteiger partial charge in [-0.1, -0.05) is 45.2 Å². The van der Waals surface area contributed by atoms with Crippen molar-refractivity contribution >= 4 is 31.9 Å². The highest BCUT2D eigenvalue weighted by atomic mass is 79.9. The topological polar surface area (TPSA) is 9.23 Å². The van der Waals surface area contributed by atoms with Gasteiger partial charge in [0.2, 0.25) is 0 Å². The second kappa shape index (κ2) is 7.33. The third-order valence-electron chi connectivity index (χ3n) is 2.53. The van der Waals surface area contributed by atoms with Crippen LogP contribution in [-0.2, 0) is 0 Å². The largest absolute Gasteiger partial charge is 0.493 e. The maximum atomic E-state index is 5.85. The second-order valence-electron chi connectivity index (χ2n) is 4.03. The fourth-order valence-corrected chi connectivity index (χ4v) is 2.58. The van der Waals surface area contributed by atoms with E-state index in [1.54, 1.807) is 0 Å². The molecular formula is C13H18Br2O. The standard InChI is InChI=1S/C13H18Br2O/c1-3-4-11(8-14)9-16-13-6-5-12(15)7-10(13)2/h5-7,11H,3-4,8-9H2,1-2H3. The van der Waals surface area contributed by atoms with Crippen molar-refractivity contribution in [1.82, 2.24) is 0 Å². The summed E-state index contributed by atoms with van der Waals surface area (Å²) in [4.78, 5) is 0. The molecule has 90 valence electrons. The van der Waals surface area contributed by atoms with E-state index in [4.69, 9.17) is 4.74 Å². The van der Waals surface area contributed by atoms with Crippen LogP contribution in [0.5, 0.6) is 5.75 Å². The molecule has 1 atom stereocenters. The summed E-state index contributed by atoms with van der Waals surface area (Å²) in [6.07, 6.45) is 2.42. The third kappa shape index (κ3) is 4.46. The first kappa shape index (κ1) is 14.0. The Bertz CT molecular complexity index is 326. The van der Waals surface area contributed by atoms with Gasteiger partial charge in [0, 0.05) is 15.7 Å². The lowest BCUT2D eigenvalue weighted by Gasteiger charge is -2.15. The molecule has 1 nitrogen and oxygen atoms in total. The second-order valence-corrected chi connectivity index (χ2v) is 5.59. The van der Waals surface area contributed by atoms with Crippen molar-refractivity contribution < 1.29 is 4.74 Å². The van der Waals surface area contributed by atoms with E-state index < -0.39 is 0 Å². The first-order valence-electron chi connectivity index (χ1n) is 5.62. The first-order valence-corrected chi connectivity index (χ1v) is 7.53. The number of aryl methyl sites for hydroxylation is 1. The highest BCUT2D eigenvalue weighted by molar-refractivity contribution is 9.10. The minimum absolute atomic E-state index is 0.605. The molecule has 0 N–H and O–H groups in total. The Kier molecular flexibility index (Phi) is 6.44. The molecule has 0 saturated heterocycles. The Labute approximate surface area is 115 Å². The van der Waals surface area contributed by atoms with Crippen LogP contribution in [0.25, 0.3) is 0 Å². The molecule has 0 spiro atoms. The molecule has 0 amide bonds. The Hall–Kier alpha value is -0.0200. The minimum Gasteiger partial charge on any atom is -0.493 e. The SMILES string of the molecule is CCCC(CBr)COc1ccc(Br)cc1C. The van der Waals surface area contributed by atoms with Crippen LogP contribution in [0.1, 0.15) is 25.3 Å². The number of benzene rings is 1. The van der Waals surface area contributed by atoms with Crippen LogP contribution in [0.2, 0.25) is 0 Å². The molecule has 0 aliphatic rings. The Morgan fingerprint density at radius 1 is 1.38 bits per heavy atom. The van der Waals surface area contributed by atoms with Gasteiger partial charge in [-0.05, 0) is 37.1 Å². The fourth-order valence-electron chi connectivity index (χ4n) is 1.60. The molecule has 1 aromatic rings. The van der Waals surface area contributed by atoms with Crippen LogP contribution < -0.4 is 4.74 Å². The van der Waals surface area contributed by atoms with Gasteiger partial charge >= 0.3 is 0 Å². The van der Waals surface area contributed by atoms with E-state index in [0.29, 0.717) is 5.92 Å². The summed E-state index contributed by atoms with van der Waals surface area (Å²) in [5.41, 5.74) is 1.18. The van der Waals surface area contributed by atoms with Gasteiger partial charge in [-0.25, -0.2) is 0 Å². The highest BCUT2D eigenvalue weighted by Crippen LogP contribution is 2.23. The van der Waals surface area contributed by atoms with E-state index in [2.05, 4.69) is 51.8 Å². The molecular weight excluding hydrogens is 332 g/mol. The van der Waals surface area contributed by atoms with Gasteiger partial charge in [0.15, 0.2) is 0 Å². The molecule has 3 heteroatoms. The molecule has 0 heterocycles. The van der Waals surface area contributed by atoms with Crippen molar-refractivity contribution in [3.8, 4) is 5.75 Å². The molecule has 1 rings (SSSR count). The lowest BCUT2D eigenvalue weighted by atomic mass is 10.1. The number of hydrogen-bond donors (Lipinski definition) is 0. The molecule has 1 unspecified atom stereocenters. The monoisotopic (exact) mass is 348 g/mol. The van der Waals surface area contributed by atoms with Crippen LogP contribution >= 0.6 is 31.9 Å². The predicted octanol–water partition coefficient (Wildman–Crippen LogP) is 4.95. The first-order chi connectivity index (χ1) is 7.67. The number of hydrogen-bond acceptors (Lipinski definition) is 1. The number of halogens is 2. The normalized spacial score (nSPS) is 12.5. The van der Waals surface area contributed by atoms with Crippen LogP contribution in [0, 0.1) is 12.8 Å². The van der Waals surface area contributed by atoms with Crippen molar-refractivity contribution in [3.63, 3.8) is 0 Å². The van der Waals surface area contributed by atoms with Gasteiger partial charge in [0.1, 0.15) is 5.75 Å². The van der Waals surface area contributed by atoms with E-state index in [0.717, 1.165) is 22.2 Å². The molecule has 0 radical (unpaired) electrons. The van der Waals surface area contributed by atoms with Gasteiger partial charge in [-0.2, -0.15) is 0 Å². The molecule has 0 aliphatic heterocycles. The quantitative estimate of drug-likeness (QED) is 0.660. The lowest BCUT2D eigenvalue weighted by Crippen LogP contribution is -2.13. The fraction of sp³-hybridized carbons (Fsp3) is 0.538. The smallest absolute Gasteiger partial charge is 0.122 e. The summed E-state index contributed by atoms with van der Waals surface area (Å²) >= 11 is 6.98. The third-order valence-corrected chi connectivity index (χ3v) is 3.94. The molecule has 0 aliphatic carbocycles. The minimum atomic E-state index is 0.605. The maximum absolute atomic E-state index is 5.85.